The van der Waals surface area contributed by atoms with Crippen molar-refractivity contribution in [3.8, 4) is 11.5 Å². The van der Waals surface area contributed by atoms with Gasteiger partial charge in [0.05, 0.1) is 11.2 Å². The number of nitrogens with one attached hydrogen (secondary N) is 1. The van der Waals surface area contributed by atoms with Gasteiger partial charge in [0.15, 0.2) is 0 Å². The molecule has 0 saturated heterocycles. The van der Waals surface area contributed by atoms with E-state index in [-0.39, 0.29) is 0 Å². The first kappa shape index (κ1) is 13.4. The third kappa shape index (κ3) is 3.50. The fourth-order valence-corrected chi connectivity index (χ4v) is 2.23. The Balaban J connectivity index is 1.79. The molecule has 1 fully saturated rings. The van der Waals surface area contributed by atoms with Crippen molar-refractivity contribution in [2.75, 3.05) is 0 Å². The molecule has 1 aromatic carbocycles. The number of pyridine rings is 1. The summed E-state index contributed by atoms with van der Waals surface area (Å²) in [5.74, 6) is 1.52. The van der Waals surface area contributed by atoms with E-state index in [1.165, 1.54) is 18.4 Å². The molecule has 20 heavy (non-hydrogen) atoms. The van der Waals surface area contributed by atoms with Crippen LogP contribution < -0.4 is 10.1 Å². The number of aromatic nitrogens is 1. The van der Waals surface area contributed by atoms with Gasteiger partial charge in [-0.1, -0.05) is 29.3 Å². The lowest BCUT2D eigenvalue weighted by Crippen LogP contribution is -2.15. The van der Waals surface area contributed by atoms with Crippen LogP contribution in [0.2, 0.25) is 5.02 Å². The first-order valence-electron chi connectivity index (χ1n) is 6.82. The van der Waals surface area contributed by atoms with Gasteiger partial charge in [0.2, 0.25) is 0 Å². The third-order valence-electron chi connectivity index (χ3n) is 3.28. The van der Waals surface area contributed by atoms with Gasteiger partial charge in [0.25, 0.3) is 0 Å². The molecular formula is C16H17ClN2O. The molecule has 0 aliphatic heterocycles. The minimum Gasteiger partial charge on any atom is -0.455 e. The Hall–Kier alpha value is -1.58. The average molecular weight is 289 g/mol. The molecule has 0 radical (unpaired) electrons. The van der Waals surface area contributed by atoms with E-state index in [2.05, 4.69) is 23.3 Å². The van der Waals surface area contributed by atoms with Crippen LogP contribution in [0.3, 0.4) is 0 Å². The standard InChI is InChI=1S/C16H17ClN2O/c1-11-2-5-16(12(6-11)8-19-14-3-4-14)20-15-7-13(17)9-18-10-15/h2,5-7,9-10,14,19H,3-4,8H2,1H3. The van der Waals surface area contributed by atoms with Gasteiger partial charge in [0, 0.05) is 30.4 Å². The van der Waals surface area contributed by atoms with Gasteiger partial charge in [-0.25, -0.2) is 0 Å². The second-order valence-corrected chi connectivity index (χ2v) is 5.64. The number of nitrogens with zero attached hydrogens (tertiary/aromatic N) is 1. The van der Waals surface area contributed by atoms with Crippen molar-refractivity contribution in [3.05, 3.63) is 52.8 Å². The Bertz CT molecular complexity index is 611. The average Bonchev–Trinajstić information content (AvgIpc) is 3.23. The van der Waals surface area contributed by atoms with Gasteiger partial charge in [0.1, 0.15) is 11.5 Å². The van der Waals surface area contributed by atoms with Gasteiger partial charge >= 0.3 is 0 Å². The van der Waals surface area contributed by atoms with Crippen LogP contribution in [0.25, 0.3) is 0 Å². The first-order chi connectivity index (χ1) is 9.70. The van der Waals surface area contributed by atoms with Crippen LogP contribution >= 0.6 is 11.6 Å². The van der Waals surface area contributed by atoms with Crippen molar-refractivity contribution in [3.63, 3.8) is 0 Å². The second kappa shape index (κ2) is 5.81. The molecule has 0 unspecified atom stereocenters. The van der Waals surface area contributed by atoms with E-state index in [0.717, 1.165) is 17.9 Å². The summed E-state index contributed by atoms with van der Waals surface area (Å²) < 4.78 is 5.91. The predicted molar refractivity (Wildman–Crippen MR) is 80.4 cm³/mol. The monoisotopic (exact) mass is 288 g/mol. The summed E-state index contributed by atoms with van der Waals surface area (Å²) in [4.78, 5) is 4.04. The summed E-state index contributed by atoms with van der Waals surface area (Å²) in [6.45, 7) is 2.92. The molecule has 1 aliphatic carbocycles. The minimum atomic E-state index is 0.576. The molecule has 3 rings (SSSR count). The Morgan fingerprint density at radius 3 is 2.90 bits per heavy atom. The van der Waals surface area contributed by atoms with E-state index >= 15 is 0 Å². The zero-order chi connectivity index (χ0) is 13.9. The Morgan fingerprint density at radius 2 is 2.15 bits per heavy atom. The summed E-state index contributed by atoms with van der Waals surface area (Å²) in [5, 5.41) is 4.09. The van der Waals surface area contributed by atoms with Crippen molar-refractivity contribution in [2.45, 2.75) is 32.4 Å². The highest BCUT2D eigenvalue weighted by molar-refractivity contribution is 6.30. The molecule has 2 aromatic rings. The lowest BCUT2D eigenvalue weighted by atomic mass is 10.1. The molecule has 104 valence electrons. The molecule has 4 heteroatoms. The fraction of sp³-hybridized carbons (Fsp3) is 0.312. The Labute approximate surface area is 123 Å². The molecule has 1 heterocycles. The summed E-state index contributed by atoms with van der Waals surface area (Å²) in [6, 6.07) is 8.65. The smallest absolute Gasteiger partial charge is 0.147 e. The first-order valence-corrected chi connectivity index (χ1v) is 7.20. The zero-order valence-corrected chi connectivity index (χ0v) is 12.2. The van der Waals surface area contributed by atoms with E-state index in [0.29, 0.717) is 16.8 Å². The molecule has 0 atom stereocenters. The van der Waals surface area contributed by atoms with Gasteiger partial charge < -0.3 is 10.1 Å². The lowest BCUT2D eigenvalue weighted by Gasteiger charge is -2.12. The van der Waals surface area contributed by atoms with Gasteiger partial charge in [-0.2, -0.15) is 0 Å². The van der Waals surface area contributed by atoms with Crippen LogP contribution in [0, 0.1) is 6.92 Å². The highest BCUT2D eigenvalue weighted by atomic mass is 35.5. The molecule has 1 N–H and O–H groups in total. The topological polar surface area (TPSA) is 34.1 Å². The summed E-state index contributed by atoms with van der Waals surface area (Å²) in [7, 11) is 0. The summed E-state index contributed by atoms with van der Waals surface area (Å²) in [6.07, 6.45) is 5.82. The molecular weight excluding hydrogens is 272 g/mol. The van der Waals surface area contributed by atoms with Crippen molar-refractivity contribution >= 4 is 11.6 Å². The number of rotatable bonds is 5. The molecule has 0 bridgehead atoms. The van der Waals surface area contributed by atoms with E-state index < -0.39 is 0 Å². The number of ether oxygens (including phenoxy) is 1. The van der Waals surface area contributed by atoms with Crippen LogP contribution in [-0.4, -0.2) is 11.0 Å². The van der Waals surface area contributed by atoms with E-state index in [4.69, 9.17) is 16.3 Å². The highest BCUT2D eigenvalue weighted by Gasteiger charge is 2.20. The molecule has 0 amide bonds. The van der Waals surface area contributed by atoms with E-state index in [9.17, 15) is 0 Å². The number of aryl methyl sites for hydroxylation is 1. The molecule has 1 aliphatic rings. The van der Waals surface area contributed by atoms with Crippen LogP contribution in [0.4, 0.5) is 0 Å². The number of hydrogen-bond acceptors (Lipinski definition) is 3. The predicted octanol–water partition coefficient (Wildman–Crippen LogP) is 4.09. The zero-order valence-electron chi connectivity index (χ0n) is 11.4. The SMILES string of the molecule is Cc1ccc(Oc2cncc(Cl)c2)c(CNC2CC2)c1. The van der Waals surface area contributed by atoms with Crippen molar-refractivity contribution < 1.29 is 4.74 Å². The van der Waals surface area contributed by atoms with Gasteiger partial charge in [-0.05, 0) is 25.8 Å². The fourth-order valence-electron chi connectivity index (χ4n) is 2.06. The maximum atomic E-state index is 5.93. The maximum absolute atomic E-state index is 5.93. The van der Waals surface area contributed by atoms with Crippen LogP contribution in [0.15, 0.2) is 36.7 Å². The Morgan fingerprint density at radius 1 is 1.30 bits per heavy atom. The molecule has 1 aromatic heterocycles. The number of benzene rings is 1. The van der Waals surface area contributed by atoms with Crippen LogP contribution in [0.5, 0.6) is 11.5 Å². The largest absolute Gasteiger partial charge is 0.455 e. The molecule has 0 spiro atoms. The van der Waals surface area contributed by atoms with Crippen molar-refractivity contribution in [2.24, 2.45) is 0 Å². The number of hydrogen-bond donors (Lipinski definition) is 1. The van der Waals surface area contributed by atoms with E-state index in [1.807, 2.05) is 12.1 Å². The molecule has 3 nitrogen and oxygen atoms in total. The quantitative estimate of drug-likeness (QED) is 0.900. The number of halogens is 1. The highest BCUT2D eigenvalue weighted by Crippen LogP contribution is 2.28. The van der Waals surface area contributed by atoms with E-state index in [1.54, 1.807) is 18.5 Å². The van der Waals surface area contributed by atoms with Crippen LogP contribution in [0.1, 0.15) is 24.0 Å². The lowest BCUT2D eigenvalue weighted by molar-refractivity contribution is 0.470. The van der Waals surface area contributed by atoms with Gasteiger partial charge in [-0.3, -0.25) is 4.98 Å². The summed E-state index contributed by atoms with van der Waals surface area (Å²) in [5.41, 5.74) is 2.39. The normalized spacial score (nSPS) is 14.3. The summed E-state index contributed by atoms with van der Waals surface area (Å²) >= 11 is 5.93. The van der Waals surface area contributed by atoms with Crippen molar-refractivity contribution in [1.82, 2.24) is 10.3 Å². The van der Waals surface area contributed by atoms with Gasteiger partial charge in [-0.15, -0.1) is 0 Å². The van der Waals surface area contributed by atoms with Crippen molar-refractivity contribution in [1.29, 1.82) is 0 Å². The molecule has 1 saturated carbocycles. The van der Waals surface area contributed by atoms with Crippen LogP contribution in [-0.2, 0) is 6.54 Å². The second-order valence-electron chi connectivity index (χ2n) is 5.21. The third-order valence-corrected chi connectivity index (χ3v) is 3.49. The minimum absolute atomic E-state index is 0.576. The Kier molecular flexibility index (Phi) is 3.90. The maximum Gasteiger partial charge on any atom is 0.147 e.